The number of nitrogens with one attached hydrogen (secondary N) is 2. The number of carbonyl (C=O) groups excluding carboxylic acids is 4. The van der Waals surface area contributed by atoms with Crippen molar-refractivity contribution in [3.63, 3.8) is 0 Å². The Morgan fingerprint density at radius 1 is 0.446 bits per heavy atom. The first-order valence-electron chi connectivity index (χ1n) is 27.0. The number of hydrogen-bond donors (Lipinski definition) is 2. The summed E-state index contributed by atoms with van der Waals surface area (Å²) in [6, 6.07) is 57.2. The Labute approximate surface area is 478 Å². The van der Waals surface area contributed by atoms with Gasteiger partial charge in [-0.1, -0.05) is 86.6 Å². The lowest BCUT2D eigenvalue weighted by Gasteiger charge is -2.14. The number of fused-ring (bicyclic) bond motifs is 10. The van der Waals surface area contributed by atoms with Crippen LogP contribution in [0.2, 0.25) is 0 Å². The molecular weight excluding hydrogens is 1040 g/mol. The molecule has 404 valence electrons. The van der Waals surface area contributed by atoms with Crippen molar-refractivity contribution in [2.75, 3.05) is 27.3 Å². The van der Waals surface area contributed by atoms with Gasteiger partial charge in [0.1, 0.15) is 11.5 Å². The van der Waals surface area contributed by atoms with Crippen LogP contribution in [-0.4, -0.2) is 80.7 Å². The summed E-state index contributed by atoms with van der Waals surface area (Å²) in [6.07, 6.45) is 8.56. The highest BCUT2D eigenvalue weighted by molar-refractivity contribution is 6.22. The van der Waals surface area contributed by atoms with Crippen LogP contribution in [0.25, 0.3) is 90.9 Å². The molecule has 14 heteroatoms. The second kappa shape index (κ2) is 23.2. The molecule has 0 aliphatic carbocycles. The average molecular weight is 1090 g/mol. The van der Waals surface area contributed by atoms with Gasteiger partial charge in [0.15, 0.2) is 0 Å². The van der Waals surface area contributed by atoms with Gasteiger partial charge in [0.25, 0.3) is 23.6 Å². The molecule has 0 atom stereocenters. The molecule has 0 fully saturated rings. The summed E-state index contributed by atoms with van der Waals surface area (Å²) in [6.45, 7) is 4.55. The van der Waals surface area contributed by atoms with E-state index >= 15 is 0 Å². The Bertz CT molecular complexity index is 4260. The van der Waals surface area contributed by atoms with E-state index in [1.165, 1.54) is 11.9 Å². The van der Waals surface area contributed by atoms with Crippen molar-refractivity contribution in [2.24, 2.45) is 0 Å². The van der Waals surface area contributed by atoms with Gasteiger partial charge in [0, 0.05) is 57.9 Å². The Balaban J connectivity index is 0.000000452. The number of benzene rings is 6. The second-order valence-electron chi connectivity index (χ2n) is 19.4. The molecule has 4 aliphatic rings. The third-order valence-corrected chi connectivity index (χ3v) is 14.6. The fourth-order valence-electron chi connectivity index (χ4n) is 10.5. The highest BCUT2D eigenvalue weighted by atomic mass is 16.5. The molecule has 0 radical (unpaired) electrons. The number of hydrogen-bond acceptors (Lipinski definition) is 10. The standard InChI is InChI=1S/C58H39N7O4.C9H7NO2.C2H6/c1-68-41-19-15-39(16-20-41)55-49-27-23-45(61-49)53(37-11-7-35(33-59)8-12-37)47-25-29-51(63-47)56(52-30-26-48(64-52)54(46-24-28-50(55)62-46)38-13-9-36(34-60)10-14-38)40-17-21-42(22-18-40)69-32-4-31-65-57(66)43-5-2-3-6-44(43)58(65)67;1-10-8(11)6-4-2-3-5-7(6)9(10)12;1-2/h2-3,5-30,61,64H,4,31-32H2,1H3;2-5H,1H3;1-2H3. The van der Waals surface area contributed by atoms with Gasteiger partial charge in [-0.2, -0.15) is 10.5 Å². The first-order valence-corrected chi connectivity index (χ1v) is 27.0. The highest BCUT2D eigenvalue weighted by Crippen LogP contribution is 2.39. The van der Waals surface area contributed by atoms with E-state index in [0.29, 0.717) is 52.2 Å². The van der Waals surface area contributed by atoms with E-state index in [9.17, 15) is 29.7 Å². The van der Waals surface area contributed by atoms with E-state index in [0.717, 1.165) is 100.0 Å². The SMILES string of the molecule is CC.CN1C(=O)c2ccccc2C1=O.COc1ccc(-c2c3nc(c(-c4ccc(C#N)cc4)c4ccc([nH]4)c(-c4ccc(OCCCN5C(=O)c6ccccc6C5=O)cc4)c4nc(c(-c5ccc(C#N)cc5)c5ccc2[nH]5)C=C4)C=C3)cc1. The summed E-state index contributed by atoms with van der Waals surface area (Å²) in [5.74, 6) is 0.387. The number of methoxy groups -OCH3 is 1. The minimum absolute atomic E-state index is 0.212. The lowest BCUT2D eigenvalue weighted by atomic mass is 10.0. The van der Waals surface area contributed by atoms with Crippen LogP contribution in [0.5, 0.6) is 11.5 Å². The zero-order chi connectivity index (χ0) is 57.7. The number of ether oxygens (including phenoxy) is 2. The van der Waals surface area contributed by atoms with E-state index in [4.69, 9.17) is 19.4 Å². The van der Waals surface area contributed by atoms with Gasteiger partial charge in [0.05, 0.1) is 82.0 Å². The Morgan fingerprint density at radius 3 is 1.11 bits per heavy atom. The van der Waals surface area contributed by atoms with E-state index < -0.39 is 0 Å². The van der Waals surface area contributed by atoms with Crippen LogP contribution in [-0.2, 0) is 0 Å². The zero-order valence-corrected chi connectivity index (χ0v) is 45.7. The molecule has 6 aromatic carbocycles. The predicted octanol–water partition coefficient (Wildman–Crippen LogP) is 14.1. The van der Waals surface area contributed by atoms with Gasteiger partial charge in [-0.15, -0.1) is 0 Å². The Morgan fingerprint density at radius 2 is 0.771 bits per heavy atom. The summed E-state index contributed by atoms with van der Waals surface area (Å²) in [7, 11) is 3.14. The predicted molar refractivity (Wildman–Crippen MR) is 323 cm³/mol. The number of imide groups is 2. The average Bonchev–Trinajstić information content (AvgIpc) is 3.87. The maximum absolute atomic E-state index is 12.9. The van der Waals surface area contributed by atoms with Gasteiger partial charge in [-0.25, -0.2) is 9.97 Å². The normalized spacial score (nSPS) is 12.7. The van der Waals surface area contributed by atoms with Crippen LogP contribution in [0.1, 0.15) is 95.6 Å². The molecule has 0 spiro atoms. The molecule has 0 saturated heterocycles. The molecule has 9 aromatic rings. The first-order chi connectivity index (χ1) is 40.6. The minimum atomic E-state index is -0.281. The van der Waals surface area contributed by atoms with Crippen molar-refractivity contribution >= 4 is 70.0 Å². The molecule has 4 aliphatic heterocycles. The van der Waals surface area contributed by atoms with Gasteiger partial charge in [-0.3, -0.25) is 29.0 Å². The number of aromatic amines is 2. The van der Waals surface area contributed by atoms with E-state index in [-0.39, 0.29) is 30.2 Å². The van der Waals surface area contributed by atoms with Crippen molar-refractivity contribution in [3.05, 3.63) is 226 Å². The summed E-state index contributed by atoms with van der Waals surface area (Å²) in [4.78, 5) is 69.1. The third kappa shape index (κ3) is 10.4. The van der Waals surface area contributed by atoms with Crippen LogP contribution in [0.15, 0.2) is 170 Å². The first kappa shape index (κ1) is 53.8. The maximum atomic E-state index is 12.9. The fourth-order valence-corrected chi connectivity index (χ4v) is 10.5. The lowest BCUT2D eigenvalue weighted by molar-refractivity contribution is 0.0642. The zero-order valence-electron chi connectivity index (χ0n) is 45.7. The summed E-state index contributed by atoms with van der Waals surface area (Å²) in [5.41, 5.74) is 16.2. The smallest absolute Gasteiger partial charge is 0.261 e. The van der Waals surface area contributed by atoms with Crippen LogP contribution in [0.4, 0.5) is 0 Å². The molecule has 7 heterocycles. The Hall–Kier alpha value is -11.2. The topological polar surface area (TPSA) is 198 Å². The minimum Gasteiger partial charge on any atom is -0.497 e. The molecule has 2 N–H and O–H groups in total. The third-order valence-electron chi connectivity index (χ3n) is 14.6. The van der Waals surface area contributed by atoms with Crippen LogP contribution >= 0.6 is 0 Å². The molecular formula is C69H52N8O6. The maximum Gasteiger partial charge on any atom is 0.261 e. The number of aromatic nitrogens is 4. The Kier molecular flexibility index (Phi) is 15.1. The van der Waals surface area contributed by atoms with E-state index in [2.05, 4.69) is 34.2 Å². The van der Waals surface area contributed by atoms with Crippen LogP contribution in [0.3, 0.4) is 0 Å². The number of carbonyl (C=O) groups is 4. The highest BCUT2D eigenvalue weighted by Gasteiger charge is 2.35. The van der Waals surface area contributed by atoms with Gasteiger partial charge >= 0.3 is 0 Å². The molecule has 0 saturated carbocycles. The van der Waals surface area contributed by atoms with Crippen molar-refractivity contribution in [1.29, 1.82) is 10.5 Å². The molecule has 83 heavy (non-hydrogen) atoms. The van der Waals surface area contributed by atoms with Crippen LogP contribution in [0, 0.1) is 22.7 Å². The van der Waals surface area contributed by atoms with Crippen molar-refractivity contribution in [2.45, 2.75) is 20.3 Å². The van der Waals surface area contributed by atoms with Crippen molar-refractivity contribution in [1.82, 2.24) is 29.7 Å². The van der Waals surface area contributed by atoms with Gasteiger partial charge in [-0.05, 0) is 150 Å². The lowest BCUT2D eigenvalue weighted by Crippen LogP contribution is -2.31. The monoisotopic (exact) mass is 1090 g/mol. The number of amides is 4. The molecule has 14 nitrogen and oxygen atoms in total. The summed E-state index contributed by atoms with van der Waals surface area (Å²) in [5, 5.41) is 19.4. The fraction of sp³-hybridized carbons (Fsp3) is 0.101. The number of rotatable bonds is 10. The second-order valence-corrected chi connectivity index (χ2v) is 19.4. The summed E-state index contributed by atoms with van der Waals surface area (Å²) < 4.78 is 11.7. The van der Waals surface area contributed by atoms with E-state index in [1.807, 2.05) is 147 Å². The molecule has 13 rings (SSSR count). The summed E-state index contributed by atoms with van der Waals surface area (Å²) >= 11 is 0. The van der Waals surface area contributed by atoms with Crippen LogP contribution < -0.4 is 9.47 Å². The molecule has 0 unspecified atom stereocenters. The molecule has 8 bridgehead atoms. The van der Waals surface area contributed by atoms with Gasteiger partial charge in [0.2, 0.25) is 0 Å². The molecule has 4 amide bonds. The number of nitriles is 2. The quantitative estimate of drug-likeness (QED) is 0.0981. The van der Waals surface area contributed by atoms with Gasteiger partial charge < -0.3 is 19.4 Å². The number of nitrogens with zero attached hydrogens (tertiary/aromatic N) is 6. The van der Waals surface area contributed by atoms with Crippen molar-refractivity contribution < 1.29 is 28.7 Å². The molecule has 3 aromatic heterocycles. The number of H-pyrrole nitrogens is 2. The largest absolute Gasteiger partial charge is 0.497 e. The van der Waals surface area contributed by atoms with E-state index in [1.54, 1.807) is 55.6 Å². The van der Waals surface area contributed by atoms with Crippen molar-refractivity contribution in [3.8, 4) is 68.1 Å².